The Bertz CT molecular complexity index is 1550. The van der Waals surface area contributed by atoms with E-state index in [0.29, 0.717) is 15.7 Å². The maximum absolute atomic E-state index is 14.0. The number of anilines is 1. The molecule has 160 valence electrons. The molecule has 0 saturated heterocycles. The zero-order valence-electron chi connectivity index (χ0n) is 15.7. The van der Waals surface area contributed by atoms with Crippen molar-refractivity contribution < 1.29 is 22.6 Å². The third kappa shape index (κ3) is 3.15. The first-order chi connectivity index (χ1) is 15.3. The van der Waals surface area contributed by atoms with Crippen LogP contribution in [-0.2, 0) is 6.18 Å². The number of hydrogen-bond donors (Lipinski definition) is 2. The van der Waals surface area contributed by atoms with Crippen LogP contribution >= 0.6 is 0 Å². The van der Waals surface area contributed by atoms with E-state index in [2.05, 4.69) is 35.6 Å². The highest BCUT2D eigenvalue weighted by Gasteiger charge is 2.42. The molecule has 5 aromatic rings. The minimum atomic E-state index is -4.97. The van der Waals surface area contributed by atoms with Crippen molar-refractivity contribution in [1.29, 1.82) is 0 Å². The molecule has 0 aliphatic heterocycles. The first kappa shape index (κ1) is 19.4. The molecule has 2 aromatic carbocycles. The number of carbonyl (C=O) groups is 1. The smallest absolute Gasteiger partial charge is 0.329 e. The zero-order valence-corrected chi connectivity index (χ0v) is 15.7. The van der Waals surface area contributed by atoms with Gasteiger partial charge in [-0.05, 0) is 46.7 Å². The summed E-state index contributed by atoms with van der Waals surface area (Å²) in [5.74, 6) is -1.13. The van der Waals surface area contributed by atoms with Crippen LogP contribution in [0.5, 0.6) is 0 Å². The number of pyridine rings is 1. The van der Waals surface area contributed by atoms with Gasteiger partial charge in [-0.2, -0.15) is 13.2 Å². The first-order valence-corrected chi connectivity index (χ1v) is 9.00. The second kappa shape index (κ2) is 7.01. The fraction of sp³-hybridized carbons (Fsp3) is 0.0526. The van der Waals surface area contributed by atoms with Gasteiger partial charge in [-0.1, -0.05) is 11.3 Å². The monoisotopic (exact) mass is 441 g/mol. The Morgan fingerprint density at radius 1 is 1.06 bits per heavy atom. The number of aromatic nitrogens is 6. The largest absolute Gasteiger partial charge is 0.435 e. The molecule has 2 N–H and O–H groups in total. The molecule has 3 aromatic heterocycles. The maximum atomic E-state index is 14.0. The second-order valence-electron chi connectivity index (χ2n) is 6.66. The van der Waals surface area contributed by atoms with Gasteiger partial charge in [0, 0.05) is 22.7 Å². The Labute approximate surface area is 174 Å². The molecule has 0 aliphatic carbocycles. The van der Waals surface area contributed by atoms with Crippen LogP contribution in [0.15, 0.2) is 58.1 Å². The average molecular weight is 441 g/mol. The molecular weight excluding hydrogens is 431 g/mol. The molecule has 0 unspecified atom stereocenters. The van der Waals surface area contributed by atoms with E-state index in [-0.39, 0.29) is 22.1 Å². The molecule has 10 nitrogen and oxygen atoms in total. The lowest BCUT2D eigenvalue weighted by Crippen LogP contribution is -2.21. The highest BCUT2D eigenvalue weighted by Crippen LogP contribution is 2.34. The molecule has 3 heterocycles. The van der Waals surface area contributed by atoms with E-state index in [1.165, 1.54) is 48.7 Å². The second-order valence-corrected chi connectivity index (χ2v) is 6.66. The quantitative estimate of drug-likeness (QED) is 0.440. The van der Waals surface area contributed by atoms with Crippen LogP contribution in [0.1, 0.15) is 16.2 Å². The van der Waals surface area contributed by atoms with E-state index in [1.807, 2.05) is 0 Å². The highest BCUT2D eigenvalue weighted by atomic mass is 19.4. The number of amides is 1. The number of carbonyl (C=O) groups excluding carboxylic acids is 1. The number of alkyl halides is 3. The maximum Gasteiger partial charge on any atom is 0.435 e. The fourth-order valence-electron chi connectivity index (χ4n) is 3.30. The van der Waals surface area contributed by atoms with Crippen LogP contribution in [-0.4, -0.2) is 36.2 Å². The van der Waals surface area contributed by atoms with E-state index in [4.69, 9.17) is 0 Å². The average Bonchev–Trinajstić information content (AvgIpc) is 3.40. The summed E-state index contributed by atoms with van der Waals surface area (Å²) in [5, 5.41) is 17.0. The molecule has 0 spiro atoms. The number of nitrogens with zero attached hydrogens (tertiary/aromatic N) is 5. The number of H-pyrrole nitrogens is 1. The molecule has 0 bridgehead atoms. The van der Waals surface area contributed by atoms with Crippen LogP contribution in [0.25, 0.3) is 27.5 Å². The van der Waals surface area contributed by atoms with E-state index < -0.39 is 29.0 Å². The Morgan fingerprint density at radius 2 is 1.88 bits per heavy atom. The van der Waals surface area contributed by atoms with Gasteiger partial charge in [0.05, 0.1) is 5.69 Å². The predicted molar refractivity (Wildman–Crippen MR) is 104 cm³/mol. The molecule has 0 radical (unpaired) electrons. The summed E-state index contributed by atoms with van der Waals surface area (Å²) in [5.41, 5.74) is -1.96. The van der Waals surface area contributed by atoms with Crippen molar-refractivity contribution in [2.24, 2.45) is 0 Å². The Balaban J connectivity index is 1.61. The van der Waals surface area contributed by atoms with Gasteiger partial charge in [0.1, 0.15) is 11.0 Å². The van der Waals surface area contributed by atoms with Crippen molar-refractivity contribution >= 4 is 33.4 Å². The lowest BCUT2D eigenvalue weighted by Gasteiger charge is -2.12. The number of benzene rings is 2. The molecule has 0 fully saturated rings. The molecule has 5 rings (SSSR count). The number of aromatic amines is 1. The van der Waals surface area contributed by atoms with Crippen LogP contribution in [0.3, 0.4) is 0 Å². The van der Waals surface area contributed by atoms with E-state index in [0.717, 1.165) is 0 Å². The molecule has 32 heavy (non-hydrogen) atoms. The third-order valence-electron chi connectivity index (χ3n) is 4.69. The minimum Gasteiger partial charge on any atom is -0.329 e. The van der Waals surface area contributed by atoms with Crippen LogP contribution in [0, 0.1) is 0 Å². The van der Waals surface area contributed by atoms with Gasteiger partial charge in [0.2, 0.25) is 0 Å². The van der Waals surface area contributed by atoms with Gasteiger partial charge >= 0.3 is 6.18 Å². The van der Waals surface area contributed by atoms with Gasteiger partial charge in [-0.15, -0.1) is 5.10 Å². The van der Waals surface area contributed by atoms with E-state index in [9.17, 15) is 22.8 Å². The molecule has 1 amide bonds. The number of fused-ring (bicyclic) bond motifs is 2. The summed E-state index contributed by atoms with van der Waals surface area (Å²) in [4.78, 5) is 27.2. The highest BCUT2D eigenvalue weighted by molar-refractivity contribution is 6.04. The van der Waals surface area contributed by atoms with Crippen molar-refractivity contribution in [3.05, 3.63) is 70.4 Å². The van der Waals surface area contributed by atoms with Gasteiger partial charge < -0.3 is 10.3 Å². The SMILES string of the molecule is O=C(Nc1ccc2nonc2c1)c1nnn(-c2cccc3c(=O)[nH]ccc23)c1C(F)(F)F. The number of rotatable bonds is 3. The van der Waals surface area contributed by atoms with Crippen molar-refractivity contribution in [3.63, 3.8) is 0 Å². The van der Waals surface area contributed by atoms with Crippen LogP contribution in [0.2, 0.25) is 0 Å². The van der Waals surface area contributed by atoms with Crippen LogP contribution < -0.4 is 10.9 Å². The van der Waals surface area contributed by atoms with Gasteiger partial charge in [0.15, 0.2) is 11.4 Å². The van der Waals surface area contributed by atoms with Gasteiger partial charge in [-0.3, -0.25) is 9.59 Å². The first-order valence-electron chi connectivity index (χ1n) is 9.00. The summed E-state index contributed by atoms with van der Waals surface area (Å²) in [6.45, 7) is 0. The zero-order chi connectivity index (χ0) is 22.5. The number of halogens is 3. The fourth-order valence-corrected chi connectivity index (χ4v) is 3.30. The van der Waals surface area contributed by atoms with E-state index in [1.54, 1.807) is 0 Å². The number of hydrogen-bond acceptors (Lipinski definition) is 7. The Morgan fingerprint density at radius 3 is 2.69 bits per heavy atom. The standard InChI is InChI=1S/C19H10F3N7O3/c20-19(21,22)16-15(18(31)24-9-4-5-12-13(8-9)27-32-26-12)25-28-29(16)14-3-1-2-11-10(14)6-7-23-17(11)30/h1-8H,(H,23,30)(H,24,31). The third-order valence-corrected chi connectivity index (χ3v) is 4.69. The van der Waals surface area contributed by atoms with Gasteiger partial charge in [0.25, 0.3) is 11.5 Å². The molecule has 0 atom stereocenters. The van der Waals surface area contributed by atoms with E-state index >= 15 is 0 Å². The molecule has 13 heteroatoms. The Kier molecular flexibility index (Phi) is 4.25. The summed E-state index contributed by atoms with van der Waals surface area (Å²) in [6.07, 6.45) is -3.67. The summed E-state index contributed by atoms with van der Waals surface area (Å²) < 4.78 is 47.0. The van der Waals surface area contributed by atoms with Crippen molar-refractivity contribution in [3.8, 4) is 5.69 Å². The minimum absolute atomic E-state index is 0.0532. The normalized spacial score (nSPS) is 11.8. The lowest BCUT2D eigenvalue weighted by molar-refractivity contribution is -0.143. The van der Waals surface area contributed by atoms with Crippen molar-refractivity contribution in [1.82, 2.24) is 30.3 Å². The predicted octanol–water partition coefficient (Wildman–Crippen LogP) is 2.92. The summed E-state index contributed by atoms with van der Waals surface area (Å²) in [7, 11) is 0. The summed E-state index contributed by atoms with van der Waals surface area (Å²) >= 11 is 0. The van der Waals surface area contributed by atoms with Crippen molar-refractivity contribution in [2.75, 3.05) is 5.32 Å². The number of nitrogens with one attached hydrogen (secondary N) is 2. The van der Waals surface area contributed by atoms with Crippen molar-refractivity contribution in [2.45, 2.75) is 6.18 Å². The van der Waals surface area contributed by atoms with Gasteiger partial charge in [-0.25, -0.2) is 9.31 Å². The molecular formula is C19H10F3N7O3. The lowest BCUT2D eigenvalue weighted by atomic mass is 10.1. The topological polar surface area (TPSA) is 132 Å². The summed E-state index contributed by atoms with van der Waals surface area (Å²) in [6, 6.07) is 9.96. The Hall–Kier alpha value is -4.55. The van der Waals surface area contributed by atoms with Crippen LogP contribution in [0.4, 0.5) is 18.9 Å². The molecule has 0 saturated carbocycles. The molecule has 0 aliphatic rings.